The largest absolute Gasteiger partial charge is 0.382 e. The molecule has 2 atom stereocenters. The number of hydrogen-bond donors (Lipinski definition) is 1. The highest BCUT2D eigenvalue weighted by Gasteiger charge is 2.22. The molecule has 0 spiro atoms. The number of nitrogens with one attached hydrogen (secondary N) is 1. The normalized spacial score (nSPS) is 22.2. The zero-order valence-corrected chi connectivity index (χ0v) is 12.5. The van der Waals surface area contributed by atoms with Crippen LogP contribution in [0.1, 0.15) is 31.2 Å². The average molecular weight is 287 g/mol. The summed E-state index contributed by atoms with van der Waals surface area (Å²) in [5.74, 6) is 0. The molecule has 3 rings (SSSR count). The Bertz CT molecular complexity index is 584. The van der Waals surface area contributed by atoms with Gasteiger partial charge in [-0.2, -0.15) is 0 Å². The maximum Gasteiger partial charge on any atom is 0.143 e. The lowest BCUT2D eigenvalue weighted by molar-refractivity contribution is 0.0669. The van der Waals surface area contributed by atoms with Crippen molar-refractivity contribution in [1.82, 2.24) is 20.2 Å². The molecule has 6 nitrogen and oxygen atoms in total. The van der Waals surface area contributed by atoms with E-state index in [1.165, 1.54) is 24.8 Å². The number of benzene rings is 1. The number of nitrogens with zero attached hydrogens (tertiary/aromatic N) is 4. The van der Waals surface area contributed by atoms with Crippen molar-refractivity contribution in [2.45, 2.75) is 44.8 Å². The number of hydrogen-bond acceptors (Lipinski definition) is 5. The third-order valence-electron chi connectivity index (χ3n) is 4.15. The molecule has 1 saturated carbocycles. The van der Waals surface area contributed by atoms with Gasteiger partial charge >= 0.3 is 0 Å². The van der Waals surface area contributed by atoms with Crippen molar-refractivity contribution in [3.63, 3.8) is 0 Å². The maximum absolute atomic E-state index is 5.50. The minimum Gasteiger partial charge on any atom is -0.382 e. The number of methoxy groups -OCH3 is 1. The zero-order valence-electron chi connectivity index (χ0n) is 12.5. The van der Waals surface area contributed by atoms with E-state index >= 15 is 0 Å². The van der Waals surface area contributed by atoms with Gasteiger partial charge in [0, 0.05) is 18.8 Å². The Labute approximate surface area is 124 Å². The molecule has 0 bridgehead atoms. The fourth-order valence-electron chi connectivity index (χ4n) is 2.90. The monoisotopic (exact) mass is 287 g/mol. The molecule has 1 N–H and O–H groups in total. The van der Waals surface area contributed by atoms with Crippen molar-refractivity contribution >= 4 is 5.69 Å². The van der Waals surface area contributed by atoms with Gasteiger partial charge < -0.3 is 10.1 Å². The van der Waals surface area contributed by atoms with Crippen LogP contribution < -0.4 is 5.32 Å². The summed E-state index contributed by atoms with van der Waals surface area (Å²) in [6, 6.07) is 6.68. The highest BCUT2D eigenvalue weighted by Crippen LogP contribution is 2.26. The lowest BCUT2D eigenvalue weighted by atomic mass is 9.92. The second-order valence-electron chi connectivity index (χ2n) is 5.62. The van der Waals surface area contributed by atoms with Crippen LogP contribution in [0.2, 0.25) is 0 Å². The van der Waals surface area contributed by atoms with Crippen molar-refractivity contribution in [2.24, 2.45) is 0 Å². The Hall–Kier alpha value is -1.95. The van der Waals surface area contributed by atoms with Gasteiger partial charge in [0.25, 0.3) is 0 Å². The molecule has 0 amide bonds. The lowest BCUT2D eigenvalue weighted by Crippen LogP contribution is -2.31. The molecular weight excluding hydrogens is 266 g/mol. The zero-order chi connectivity index (χ0) is 14.7. The van der Waals surface area contributed by atoms with E-state index in [-0.39, 0.29) is 0 Å². The molecule has 1 fully saturated rings. The Kier molecular flexibility index (Phi) is 4.15. The van der Waals surface area contributed by atoms with E-state index in [1.807, 2.05) is 6.07 Å². The van der Waals surface area contributed by atoms with Crippen LogP contribution in [0.3, 0.4) is 0 Å². The Morgan fingerprint density at radius 2 is 2.24 bits per heavy atom. The molecule has 0 radical (unpaired) electrons. The molecule has 1 aliphatic carbocycles. The summed E-state index contributed by atoms with van der Waals surface area (Å²) in [6.07, 6.45) is 6.61. The van der Waals surface area contributed by atoms with E-state index in [4.69, 9.17) is 4.74 Å². The fraction of sp³-hybridized carbons (Fsp3) is 0.533. The lowest BCUT2D eigenvalue weighted by Gasteiger charge is -2.30. The first-order chi connectivity index (χ1) is 10.3. The standard InChI is InChI=1S/C15H21N5O/c1-11-6-7-13(20-10-16-18-19-20)9-15(11)17-12-4-3-5-14(8-12)21-2/h6-7,9-10,12,14,17H,3-5,8H2,1-2H3. The second kappa shape index (κ2) is 6.22. The van der Waals surface area contributed by atoms with Crippen LogP contribution >= 0.6 is 0 Å². The third-order valence-corrected chi connectivity index (χ3v) is 4.15. The van der Waals surface area contributed by atoms with Gasteiger partial charge in [-0.15, -0.1) is 5.10 Å². The van der Waals surface area contributed by atoms with Crippen LogP contribution in [0.25, 0.3) is 5.69 Å². The molecule has 1 aromatic heterocycles. The van der Waals surface area contributed by atoms with Gasteiger partial charge in [0.15, 0.2) is 0 Å². The molecule has 1 aromatic carbocycles. The Morgan fingerprint density at radius 1 is 1.33 bits per heavy atom. The summed E-state index contributed by atoms with van der Waals surface area (Å²) in [5, 5.41) is 15.0. The highest BCUT2D eigenvalue weighted by atomic mass is 16.5. The molecule has 1 heterocycles. The highest BCUT2D eigenvalue weighted by molar-refractivity contribution is 5.57. The van der Waals surface area contributed by atoms with Crippen LogP contribution in [0.5, 0.6) is 0 Å². The number of ether oxygens (including phenoxy) is 1. The van der Waals surface area contributed by atoms with Gasteiger partial charge in [-0.3, -0.25) is 0 Å². The van der Waals surface area contributed by atoms with Gasteiger partial charge in [0.1, 0.15) is 6.33 Å². The van der Waals surface area contributed by atoms with Crippen molar-refractivity contribution in [3.8, 4) is 5.69 Å². The van der Waals surface area contributed by atoms with Gasteiger partial charge in [-0.05, 0) is 60.7 Å². The predicted molar refractivity (Wildman–Crippen MR) is 80.6 cm³/mol. The Morgan fingerprint density at radius 3 is 3.00 bits per heavy atom. The molecule has 6 heteroatoms. The molecule has 2 aromatic rings. The second-order valence-corrected chi connectivity index (χ2v) is 5.62. The van der Waals surface area contributed by atoms with Crippen molar-refractivity contribution in [3.05, 3.63) is 30.1 Å². The summed E-state index contributed by atoms with van der Waals surface area (Å²) in [6.45, 7) is 2.11. The number of aryl methyl sites for hydroxylation is 1. The van der Waals surface area contributed by atoms with Crippen LogP contribution in [0.4, 0.5) is 5.69 Å². The minimum atomic E-state index is 0.374. The number of rotatable bonds is 4. The molecule has 0 saturated heterocycles. The number of tetrazole rings is 1. The van der Waals surface area contributed by atoms with Gasteiger partial charge in [-0.25, -0.2) is 4.68 Å². The topological polar surface area (TPSA) is 64.9 Å². The van der Waals surface area contributed by atoms with E-state index in [1.54, 1.807) is 18.1 Å². The molecule has 2 unspecified atom stereocenters. The van der Waals surface area contributed by atoms with Gasteiger partial charge in [0.2, 0.25) is 0 Å². The fourth-order valence-corrected chi connectivity index (χ4v) is 2.90. The van der Waals surface area contributed by atoms with Crippen LogP contribution in [-0.4, -0.2) is 39.5 Å². The van der Waals surface area contributed by atoms with E-state index in [0.29, 0.717) is 12.1 Å². The van der Waals surface area contributed by atoms with Gasteiger partial charge in [-0.1, -0.05) is 6.07 Å². The maximum atomic E-state index is 5.50. The molecule has 1 aliphatic rings. The van der Waals surface area contributed by atoms with Crippen LogP contribution in [-0.2, 0) is 4.74 Å². The smallest absolute Gasteiger partial charge is 0.143 e. The minimum absolute atomic E-state index is 0.374. The van der Waals surface area contributed by atoms with E-state index in [9.17, 15) is 0 Å². The molecule has 21 heavy (non-hydrogen) atoms. The number of anilines is 1. The Balaban J connectivity index is 1.77. The summed E-state index contributed by atoms with van der Waals surface area (Å²) >= 11 is 0. The first-order valence-electron chi connectivity index (χ1n) is 7.39. The summed E-state index contributed by atoms with van der Waals surface area (Å²) < 4.78 is 7.17. The average Bonchev–Trinajstić information content (AvgIpc) is 3.04. The third kappa shape index (κ3) is 3.21. The summed E-state index contributed by atoms with van der Waals surface area (Å²) in [4.78, 5) is 0. The predicted octanol–water partition coefficient (Wildman–Crippen LogP) is 2.34. The van der Waals surface area contributed by atoms with Crippen molar-refractivity contribution in [2.75, 3.05) is 12.4 Å². The quantitative estimate of drug-likeness (QED) is 0.935. The number of aromatic nitrogens is 4. The summed E-state index contributed by atoms with van der Waals surface area (Å²) in [5.41, 5.74) is 3.34. The molecule has 112 valence electrons. The van der Waals surface area contributed by atoms with E-state index < -0.39 is 0 Å². The first-order valence-corrected chi connectivity index (χ1v) is 7.39. The molecule has 0 aliphatic heterocycles. The van der Waals surface area contributed by atoms with E-state index in [0.717, 1.165) is 17.8 Å². The van der Waals surface area contributed by atoms with Crippen molar-refractivity contribution in [1.29, 1.82) is 0 Å². The SMILES string of the molecule is COC1CCCC(Nc2cc(-n3cnnn3)ccc2C)C1. The first kappa shape index (κ1) is 14.0. The van der Waals surface area contributed by atoms with Crippen molar-refractivity contribution < 1.29 is 4.74 Å². The van der Waals surface area contributed by atoms with E-state index in [2.05, 4.69) is 39.9 Å². The van der Waals surface area contributed by atoms with Crippen LogP contribution in [0, 0.1) is 6.92 Å². The van der Waals surface area contributed by atoms with Gasteiger partial charge in [0.05, 0.1) is 11.8 Å². The molecular formula is C15H21N5O. The van der Waals surface area contributed by atoms with Crippen LogP contribution in [0.15, 0.2) is 24.5 Å². The summed E-state index contributed by atoms with van der Waals surface area (Å²) in [7, 11) is 1.80.